The van der Waals surface area contributed by atoms with Gasteiger partial charge in [0.25, 0.3) is 5.95 Å². The van der Waals surface area contributed by atoms with E-state index in [0.29, 0.717) is 22.1 Å². The fourth-order valence-electron chi connectivity index (χ4n) is 1.91. The van der Waals surface area contributed by atoms with Crippen molar-refractivity contribution >= 4 is 21.7 Å². The van der Waals surface area contributed by atoms with Crippen LogP contribution in [0, 0.1) is 13.8 Å². The summed E-state index contributed by atoms with van der Waals surface area (Å²) in [6, 6.07) is 3.77. The van der Waals surface area contributed by atoms with Crippen LogP contribution < -0.4 is 5.73 Å². The van der Waals surface area contributed by atoms with E-state index in [1.165, 1.54) is 0 Å². The van der Waals surface area contributed by atoms with Gasteiger partial charge in [-0.25, -0.2) is 9.36 Å². The Kier molecular flexibility index (Phi) is 3.01. The number of nitrogen functional groups attached to an aromatic ring is 1. The van der Waals surface area contributed by atoms with Crippen molar-refractivity contribution in [2.24, 2.45) is 0 Å². The van der Waals surface area contributed by atoms with Crippen molar-refractivity contribution in [3.8, 4) is 11.8 Å². The second-order valence-corrected chi connectivity index (χ2v) is 5.13. The molecule has 0 aliphatic heterocycles. The van der Waals surface area contributed by atoms with Crippen LogP contribution in [0.4, 0.5) is 5.82 Å². The van der Waals surface area contributed by atoms with E-state index < -0.39 is 0 Å². The Morgan fingerprint density at radius 3 is 2.65 bits per heavy atom. The van der Waals surface area contributed by atoms with Crippen LogP contribution in [0.15, 0.2) is 29.0 Å². The van der Waals surface area contributed by atoms with Crippen molar-refractivity contribution in [3.05, 3.63) is 40.4 Å². The number of nitrogens with two attached hydrogens (primary N) is 1. The van der Waals surface area contributed by atoms with E-state index in [-0.39, 0.29) is 0 Å². The van der Waals surface area contributed by atoms with Crippen molar-refractivity contribution in [1.82, 2.24) is 29.5 Å². The molecule has 0 aliphatic carbocycles. The third kappa shape index (κ3) is 2.07. The molecule has 0 saturated carbocycles. The minimum Gasteiger partial charge on any atom is -0.383 e. The average molecular weight is 334 g/mol. The van der Waals surface area contributed by atoms with Gasteiger partial charge in [-0.2, -0.15) is 20.2 Å². The van der Waals surface area contributed by atoms with E-state index in [9.17, 15) is 0 Å². The van der Waals surface area contributed by atoms with Gasteiger partial charge in [-0.15, -0.1) is 0 Å². The van der Waals surface area contributed by atoms with Gasteiger partial charge in [-0.05, 0) is 41.9 Å². The minimum absolute atomic E-state index is 0.341. The van der Waals surface area contributed by atoms with Crippen molar-refractivity contribution < 1.29 is 0 Å². The maximum Gasteiger partial charge on any atom is 0.254 e. The lowest BCUT2D eigenvalue weighted by Crippen LogP contribution is -2.11. The van der Waals surface area contributed by atoms with Crippen LogP contribution in [0.1, 0.15) is 11.4 Å². The van der Waals surface area contributed by atoms with Gasteiger partial charge >= 0.3 is 0 Å². The van der Waals surface area contributed by atoms with Gasteiger partial charge in [0.05, 0.1) is 5.69 Å². The van der Waals surface area contributed by atoms with Gasteiger partial charge in [0.1, 0.15) is 10.3 Å². The fraction of sp³-hybridized carbons (Fsp3) is 0.167. The van der Waals surface area contributed by atoms with Gasteiger partial charge in [-0.3, -0.25) is 0 Å². The van der Waals surface area contributed by atoms with Crippen LogP contribution >= 0.6 is 15.9 Å². The summed E-state index contributed by atoms with van der Waals surface area (Å²) in [5, 5.41) is 8.53. The molecule has 0 atom stereocenters. The molecule has 102 valence electrons. The van der Waals surface area contributed by atoms with E-state index in [0.717, 1.165) is 11.4 Å². The predicted molar refractivity (Wildman–Crippen MR) is 77.9 cm³/mol. The smallest absolute Gasteiger partial charge is 0.254 e. The molecule has 3 rings (SSSR count). The predicted octanol–water partition coefficient (Wildman–Crippen LogP) is 1.81. The molecule has 3 aromatic rings. The van der Waals surface area contributed by atoms with Crippen molar-refractivity contribution in [2.75, 3.05) is 5.73 Å². The molecule has 0 aromatic carbocycles. The van der Waals surface area contributed by atoms with Gasteiger partial charge in [0, 0.05) is 18.1 Å². The van der Waals surface area contributed by atoms with Crippen molar-refractivity contribution in [2.45, 2.75) is 13.8 Å². The molecule has 0 amide bonds. The highest BCUT2D eigenvalue weighted by molar-refractivity contribution is 9.10. The molecular weight excluding hydrogens is 322 g/mol. The number of hydrogen-bond acceptors (Lipinski definition) is 5. The normalized spacial score (nSPS) is 10.9. The monoisotopic (exact) mass is 333 g/mol. The number of rotatable bonds is 2. The fourth-order valence-corrected chi connectivity index (χ4v) is 2.27. The van der Waals surface area contributed by atoms with E-state index >= 15 is 0 Å². The molecule has 0 saturated heterocycles. The molecule has 3 aromatic heterocycles. The quantitative estimate of drug-likeness (QED) is 0.772. The summed E-state index contributed by atoms with van der Waals surface area (Å²) in [7, 11) is 0. The highest BCUT2D eigenvalue weighted by Crippen LogP contribution is 2.25. The Hall–Kier alpha value is -2.22. The van der Waals surface area contributed by atoms with E-state index in [2.05, 4.69) is 36.1 Å². The Labute approximate surface area is 123 Å². The van der Waals surface area contributed by atoms with Crippen molar-refractivity contribution in [3.63, 3.8) is 0 Å². The molecule has 0 bridgehead atoms. The summed E-state index contributed by atoms with van der Waals surface area (Å²) in [6.07, 6.45) is 3.46. The van der Waals surface area contributed by atoms with Gasteiger partial charge in [-0.1, -0.05) is 0 Å². The van der Waals surface area contributed by atoms with Crippen LogP contribution in [-0.2, 0) is 0 Å². The Balaban J connectivity index is 2.21. The summed E-state index contributed by atoms with van der Waals surface area (Å²) in [5.74, 6) is 1.33. The molecule has 0 unspecified atom stereocenters. The van der Waals surface area contributed by atoms with Crippen LogP contribution in [-0.4, -0.2) is 29.5 Å². The molecule has 0 radical (unpaired) electrons. The Morgan fingerprint density at radius 1 is 1.25 bits per heavy atom. The molecule has 0 spiro atoms. The Morgan fingerprint density at radius 2 is 2.05 bits per heavy atom. The van der Waals surface area contributed by atoms with Gasteiger partial charge in [0.2, 0.25) is 0 Å². The summed E-state index contributed by atoms with van der Waals surface area (Å²) >= 11 is 3.39. The summed E-state index contributed by atoms with van der Waals surface area (Å²) in [4.78, 5) is 8.75. The van der Waals surface area contributed by atoms with E-state index in [1.54, 1.807) is 21.8 Å². The largest absolute Gasteiger partial charge is 0.383 e. The Bertz CT molecular complexity index is 760. The highest BCUT2D eigenvalue weighted by atomic mass is 79.9. The maximum atomic E-state index is 5.94. The van der Waals surface area contributed by atoms with Crippen LogP contribution in [0.25, 0.3) is 11.8 Å². The standard InChI is InChI=1S/C12H12BrN7/c1-7-6-8(2)20(18-7)12-16-10(14)9(13)11(17-12)19-5-3-4-15-19/h3-6H,1-2H3,(H2,14,16,17). The number of aryl methyl sites for hydroxylation is 2. The third-order valence-electron chi connectivity index (χ3n) is 2.77. The maximum absolute atomic E-state index is 5.94. The first-order valence-corrected chi connectivity index (χ1v) is 6.72. The van der Waals surface area contributed by atoms with E-state index in [4.69, 9.17) is 5.73 Å². The topological polar surface area (TPSA) is 87.4 Å². The van der Waals surface area contributed by atoms with Crippen LogP contribution in [0.2, 0.25) is 0 Å². The number of aromatic nitrogens is 6. The lowest BCUT2D eigenvalue weighted by atomic mass is 10.4. The second-order valence-electron chi connectivity index (χ2n) is 4.34. The number of halogens is 1. The highest BCUT2D eigenvalue weighted by Gasteiger charge is 2.15. The third-order valence-corrected chi connectivity index (χ3v) is 3.53. The van der Waals surface area contributed by atoms with Crippen LogP contribution in [0.3, 0.4) is 0 Å². The molecule has 0 aliphatic rings. The van der Waals surface area contributed by atoms with Crippen LogP contribution in [0.5, 0.6) is 0 Å². The zero-order valence-corrected chi connectivity index (χ0v) is 12.5. The zero-order chi connectivity index (χ0) is 14.3. The zero-order valence-electron chi connectivity index (χ0n) is 10.9. The molecule has 8 heteroatoms. The number of hydrogen-bond donors (Lipinski definition) is 1. The van der Waals surface area contributed by atoms with Gasteiger partial charge < -0.3 is 5.73 Å². The second kappa shape index (κ2) is 4.71. The van der Waals surface area contributed by atoms with E-state index in [1.807, 2.05) is 26.0 Å². The molecule has 3 heterocycles. The molecule has 7 nitrogen and oxygen atoms in total. The molecule has 2 N–H and O–H groups in total. The van der Waals surface area contributed by atoms with Crippen molar-refractivity contribution in [1.29, 1.82) is 0 Å². The first-order valence-electron chi connectivity index (χ1n) is 5.93. The lowest BCUT2D eigenvalue weighted by Gasteiger charge is -2.09. The number of anilines is 1. The lowest BCUT2D eigenvalue weighted by molar-refractivity contribution is 0.751. The summed E-state index contributed by atoms with van der Waals surface area (Å²) < 4.78 is 3.88. The molecule has 0 fully saturated rings. The molecular formula is C12H12BrN7. The first-order chi connectivity index (χ1) is 9.56. The number of nitrogens with zero attached hydrogens (tertiary/aromatic N) is 6. The molecule has 20 heavy (non-hydrogen) atoms. The minimum atomic E-state index is 0.341. The summed E-state index contributed by atoms with van der Waals surface area (Å²) in [6.45, 7) is 3.86. The van der Waals surface area contributed by atoms with Gasteiger partial charge in [0.15, 0.2) is 5.82 Å². The summed E-state index contributed by atoms with van der Waals surface area (Å²) in [5.41, 5.74) is 7.78. The first kappa shape index (κ1) is 12.8. The average Bonchev–Trinajstić information content (AvgIpc) is 3.02. The SMILES string of the molecule is Cc1cc(C)n(-c2nc(N)c(Br)c(-n3cccn3)n2)n1.